The van der Waals surface area contributed by atoms with Gasteiger partial charge >= 0.3 is 0 Å². The number of fused-ring (bicyclic) bond motifs is 1. The number of nitrogens with zero attached hydrogens (tertiary/aromatic N) is 3. The molecule has 2 heterocycles. The van der Waals surface area contributed by atoms with Gasteiger partial charge in [0.15, 0.2) is 0 Å². The van der Waals surface area contributed by atoms with Gasteiger partial charge in [0.05, 0.1) is 6.61 Å². The van der Waals surface area contributed by atoms with Crippen LogP contribution in [0.3, 0.4) is 0 Å². The molecule has 0 amide bonds. The second-order valence-electron chi connectivity index (χ2n) is 6.24. The number of aryl methyl sites for hydroxylation is 1. The minimum Gasteiger partial charge on any atom is -0.390 e. The van der Waals surface area contributed by atoms with Crippen molar-refractivity contribution in [3.63, 3.8) is 0 Å². The van der Waals surface area contributed by atoms with Crippen molar-refractivity contribution in [2.45, 2.75) is 13.8 Å². The van der Waals surface area contributed by atoms with E-state index in [2.05, 4.69) is 16.6 Å². The standard InChI is InChI=1S/C22H21N3O2/c1-4-19(17-9-7-15(2)8-10-17)21(24-16(3)14-26)25-13-11-18-6-5-12-23-20(18)22(25)27/h4-13,26H,1,14H2,2-3H3/b21-19-,24-16+. The number of hydrogen-bond acceptors (Lipinski definition) is 4. The molecule has 0 atom stereocenters. The van der Waals surface area contributed by atoms with E-state index in [1.807, 2.05) is 43.3 Å². The van der Waals surface area contributed by atoms with E-state index in [1.165, 1.54) is 4.57 Å². The molecule has 3 rings (SSSR count). The topological polar surface area (TPSA) is 67.5 Å². The second kappa shape index (κ2) is 7.93. The number of aliphatic hydroxyl groups excluding tert-OH is 1. The van der Waals surface area contributed by atoms with Crippen LogP contribution < -0.4 is 5.56 Å². The minimum atomic E-state index is -0.274. The average molecular weight is 359 g/mol. The van der Waals surface area contributed by atoms with Crippen LogP contribution in [0.25, 0.3) is 22.3 Å². The third kappa shape index (κ3) is 3.78. The van der Waals surface area contributed by atoms with Gasteiger partial charge < -0.3 is 5.11 Å². The fourth-order valence-corrected chi connectivity index (χ4v) is 2.77. The lowest BCUT2D eigenvalue weighted by atomic mass is 10.0. The van der Waals surface area contributed by atoms with Gasteiger partial charge in [-0.1, -0.05) is 48.6 Å². The van der Waals surface area contributed by atoms with Crippen molar-refractivity contribution in [1.29, 1.82) is 0 Å². The Morgan fingerprint density at radius 1 is 1.26 bits per heavy atom. The highest BCUT2D eigenvalue weighted by atomic mass is 16.3. The van der Waals surface area contributed by atoms with E-state index in [-0.39, 0.29) is 12.2 Å². The Morgan fingerprint density at radius 3 is 2.67 bits per heavy atom. The van der Waals surface area contributed by atoms with Crippen LogP contribution in [0.1, 0.15) is 18.1 Å². The second-order valence-corrected chi connectivity index (χ2v) is 6.24. The quantitative estimate of drug-likeness (QED) is 0.558. The predicted molar refractivity (Wildman–Crippen MR) is 111 cm³/mol. The first kappa shape index (κ1) is 18.5. The molecule has 0 radical (unpaired) electrons. The zero-order valence-corrected chi connectivity index (χ0v) is 15.4. The van der Waals surface area contributed by atoms with E-state index in [1.54, 1.807) is 31.5 Å². The van der Waals surface area contributed by atoms with E-state index in [0.717, 1.165) is 16.5 Å². The number of allylic oxidation sites excluding steroid dienone is 2. The highest BCUT2D eigenvalue weighted by Gasteiger charge is 2.13. The summed E-state index contributed by atoms with van der Waals surface area (Å²) in [4.78, 5) is 21.8. The van der Waals surface area contributed by atoms with Crippen LogP contribution in [0, 0.1) is 6.92 Å². The Hall–Kier alpha value is -3.31. The number of pyridine rings is 2. The molecule has 0 spiro atoms. The van der Waals surface area contributed by atoms with Crippen LogP contribution in [0.4, 0.5) is 0 Å². The molecular formula is C22H21N3O2. The van der Waals surface area contributed by atoms with Gasteiger partial charge in [0.2, 0.25) is 0 Å². The largest absolute Gasteiger partial charge is 0.390 e. The molecule has 5 heteroatoms. The summed E-state index contributed by atoms with van der Waals surface area (Å²) >= 11 is 0. The van der Waals surface area contributed by atoms with E-state index < -0.39 is 0 Å². The van der Waals surface area contributed by atoms with Gasteiger partial charge in [0.25, 0.3) is 5.56 Å². The monoisotopic (exact) mass is 359 g/mol. The highest BCUT2D eigenvalue weighted by Crippen LogP contribution is 2.24. The Bertz CT molecular complexity index is 1110. The third-order valence-electron chi connectivity index (χ3n) is 4.22. The van der Waals surface area contributed by atoms with Crippen LogP contribution in [-0.2, 0) is 0 Å². The number of rotatable bonds is 5. The fraction of sp³-hybridized carbons (Fsp3) is 0.136. The predicted octanol–water partition coefficient (Wildman–Crippen LogP) is 3.67. The summed E-state index contributed by atoms with van der Waals surface area (Å²) in [7, 11) is 0. The van der Waals surface area contributed by atoms with Crippen molar-refractivity contribution in [3.8, 4) is 0 Å². The van der Waals surface area contributed by atoms with E-state index in [4.69, 9.17) is 0 Å². The Labute approximate surface area is 157 Å². The van der Waals surface area contributed by atoms with Crippen LogP contribution in [0.5, 0.6) is 0 Å². The van der Waals surface area contributed by atoms with E-state index in [0.29, 0.717) is 22.6 Å². The van der Waals surface area contributed by atoms with Crippen LogP contribution in [0.15, 0.2) is 77.3 Å². The average Bonchev–Trinajstić information content (AvgIpc) is 2.69. The van der Waals surface area contributed by atoms with Crippen LogP contribution in [-0.4, -0.2) is 27.0 Å². The van der Waals surface area contributed by atoms with Crippen molar-refractivity contribution in [3.05, 3.63) is 89.0 Å². The number of aliphatic imine (C=N–C) groups is 1. The molecule has 0 saturated carbocycles. The Balaban J connectivity index is 2.35. The smallest absolute Gasteiger partial charge is 0.282 e. The lowest BCUT2D eigenvalue weighted by molar-refractivity contribution is 0.357. The summed E-state index contributed by atoms with van der Waals surface area (Å²) in [6.45, 7) is 7.42. The summed E-state index contributed by atoms with van der Waals surface area (Å²) in [5, 5.41) is 10.2. The summed E-state index contributed by atoms with van der Waals surface area (Å²) in [6, 6.07) is 13.4. The summed E-state index contributed by atoms with van der Waals surface area (Å²) in [5.74, 6) is 0.401. The molecule has 0 aliphatic rings. The molecule has 27 heavy (non-hydrogen) atoms. The number of hydrogen-bond donors (Lipinski definition) is 1. The number of aromatic nitrogens is 2. The fourth-order valence-electron chi connectivity index (χ4n) is 2.77. The SMILES string of the molecule is C=C/C(=C(\N=C(/C)CO)n1ccc2cccnc2c1=O)c1ccc(C)cc1. The van der Waals surface area contributed by atoms with Gasteiger partial charge in [0, 0.05) is 29.1 Å². The maximum Gasteiger partial charge on any atom is 0.282 e. The molecule has 0 bridgehead atoms. The maximum atomic E-state index is 13.0. The van der Waals surface area contributed by atoms with Crippen molar-refractivity contribution in [1.82, 2.24) is 9.55 Å². The van der Waals surface area contributed by atoms with Gasteiger partial charge in [-0.05, 0) is 31.5 Å². The molecule has 3 aromatic rings. The first-order valence-electron chi connectivity index (χ1n) is 8.60. The van der Waals surface area contributed by atoms with Gasteiger partial charge in [-0.15, -0.1) is 0 Å². The van der Waals surface area contributed by atoms with Crippen molar-refractivity contribution in [2.75, 3.05) is 6.61 Å². The third-order valence-corrected chi connectivity index (χ3v) is 4.22. The molecule has 5 nitrogen and oxygen atoms in total. The lowest BCUT2D eigenvalue weighted by Crippen LogP contribution is -2.20. The minimum absolute atomic E-state index is 0.206. The summed E-state index contributed by atoms with van der Waals surface area (Å²) in [5.41, 5.74) is 3.29. The van der Waals surface area contributed by atoms with Gasteiger partial charge in [-0.25, -0.2) is 4.99 Å². The molecule has 2 aromatic heterocycles. The zero-order chi connectivity index (χ0) is 19.4. The van der Waals surface area contributed by atoms with Crippen molar-refractivity contribution >= 4 is 28.0 Å². The number of aliphatic hydroxyl groups is 1. The highest BCUT2D eigenvalue weighted by molar-refractivity contribution is 5.95. The first-order valence-corrected chi connectivity index (χ1v) is 8.60. The van der Waals surface area contributed by atoms with Gasteiger partial charge in [0.1, 0.15) is 11.3 Å². The number of benzene rings is 1. The molecule has 0 saturated heterocycles. The molecule has 0 aliphatic heterocycles. The van der Waals surface area contributed by atoms with Crippen LogP contribution >= 0.6 is 0 Å². The molecule has 136 valence electrons. The summed E-state index contributed by atoms with van der Waals surface area (Å²) < 4.78 is 1.45. The van der Waals surface area contributed by atoms with Gasteiger partial charge in [-0.3, -0.25) is 14.3 Å². The molecule has 0 aliphatic carbocycles. The molecule has 1 N–H and O–H groups in total. The van der Waals surface area contributed by atoms with Crippen molar-refractivity contribution in [2.24, 2.45) is 4.99 Å². The first-order chi connectivity index (χ1) is 13.0. The lowest BCUT2D eigenvalue weighted by Gasteiger charge is -2.13. The molecular weight excluding hydrogens is 338 g/mol. The molecule has 0 fully saturated rings. The Kier molecular flexibility index (Phi) is 5.43. The van der Waals surface area contributed by atoms with E-state index >= 15 is 0 Å². The summed E-state index contributed by atoms with van der Waals surface area (Å²) in [6.07, 6.45) is 4.94. The van der Waals surface area contributed by atoms with Gasteiger partial charge in [-0.2, -0.15) is 0 Å². The maximum absolute atomic E-state index is 13.0. The van der Waals surface area contributed by atoms with Crippen molar-refractivity contribution < 1.29 is 5.11 Å². The normalized spacial score (nSPS) is 12.8. The van der Waals surface area contributed by atoms with E-state index in [9.17, 15) is 9.90 Å². The molecule has 0 unspecified atom stereocenters. The zero-order valence-electron chi connectivity index (χ0n) is 15.4. The van der Waals surface area contributed by atoms with Crippen LogP contribution in [0.2, 0.25) is 0 Å². The molecule has 1 aromatic carbocycles. The Morgan fingerprint density at radius 2 is 2.00 bits per heavy atom.